The van der Waals surface area contributed by atoms with Gasteiger partial charge in [0.05, 0.1) is 23.0 Å². The molecule has 0 aliphatic rings. The third kappa shape index (κ3) is 4.11. The van der Waals surface area contributed by atoms with E-state index in [-0.39, 0.29) is 23.3 Å². The Balaban J connectivity index is 1.79. The first-order chi connectivity index (χ1) is 14.7. The van der Waals surface area contributed by atoms with E-state index < -0.39 is 28.9 Å². The molecule has 1 aromatic heterocycles. The SMILES string of the molecule is O=c1c2ccccc2nc(-c2cccc(F)c2)n1NCc1ccc(F)c(C(F)(F)F)c1. The van der Waals surface area contributed by atoms with Crippen LogP contribution < -0.4 is 11.0 Å². The average Bonchev–Trinajstić information content (AvgIpc) is 2.73. The van der Waals surface area contributed by atoms with Crippen molar-refractivity contribution in [3.8, 4) is 11.4 Å². The van der Waals surface area contributed by atoms with E-state index in [1.165, 1.54) is 24.3 Å². The number of para-hydroxylation sites is 1. The maximum absolute atomic E-state index is 13.8. The van der Waals surface area contributed by atoms with E-state index in [1.807, 2.05) is 0 Å². The van der Waals surface area contributed by atoms with Crippen LogP contribution >= 0.6 is 0 Å². The second kappa shape index (κ2) is 7.82. The van der Waals surface area contributed by atoms with Crippen molar-refractivity contribution in [3.05, 3.63) is 99.8 Å². The number of benzene rings is 3. The van der Waals surface area contributed by atoms with Crippen molar-refractivity contribution in [3.63, 3.8) is 0 Å². The van der Waals surface area contributed by atoms with Crippen LogP contribution in [0.15, 0.2) is 71.5 Å². The Labute approximate surface area is 172 Å². The van der Waals surface area contributed by atoms with Gasteiger partial charge in [-0.1, -0.05) is 30.3 Å². The minimum Gasteiger partial charge on any atom is -0.317 e. The highest BCUT2D eigenvalue weighted by Gasteiger charge is 2.34. The van der Waals surface area contributed by atoms with Crippen LogP contribution in [-0.4, -0.2) is 9.66 Å². The number of hydrogen-bond donors (Lipinski definition) is 1. The van der Waals surface area contributed by atoms with Crippen molar-refractivity contribution in [1.82, 2.24) is 9.66 Å². The third-order valence-electron chi connectivity index (χ3n) is 4.64. The molecule has 0 saturated heterocycles. The quantitative estimate of drug-likeness (QED) is 0.457. The van der Waals surface area contributed by atoms with Crippen LogP contribution in [0.2, 0.25) is 0 Å². The zero-order valence-corrected chi connectivity index (χ0v) is 15.8. The minimum absolute atomic E-state index is 0.0846. The van der Waals surface area contributed by atoms with Crippen molar-refractivity contribution in [2.45, 2.75) is 12.7 Å². The third-order valence-corrected chi connectivity index (χ3v) is 4.64. The van der Waals surface area contributed by atoms with Crippen molar-refractivity contribution >= 4 is 10.9 Å². The molecule has 4 nitrogen and oxygen atoms in total. The lowest BCUT2D eigenvalue weighted by Gasteiger charge is -2.16. The smallest absolute Gasteiger partial charge is 0.317 e. The fourth-order valence-electron chi connectivity index (χ4n) is 3.17. The van der Waals surface area contributed by atoms with Crippen LogP contribution in [-0.2, 0) is 12.7 Å². The van der Waals surface area contributed by atoms with E-state index in [2.05, 4.69) is 10.4 Å². The molecule has 4 rings (SSSR count). The van der Waals surface area contributed by atoms with E-state index >= 15 is 0 Å². The molecule has 1 heterocycles. The Morgan fingerprint density at radius 1 is 0.935 bits per heavy atom. The van der Waals surface area contributed by atoms with E-state index in [1.54, 1.807) is 30.3 Å². The molecule has 31 heavy (non-hydrogen) atoms. The number of halogens is 5. The second-order valence-corrected chi connectivity index (χ2v) is 6.75. The fraction of sp³-hybridized carbons (Fsp3) is 0.0909. The fourth-order valence-corrected chi connectivity index (χ4v) is 3.17. The largest absolute Gasteiger partial charge is 0.419 e. The number of fused-ring (bicyclic) bond motifs is 1. The summed E-state index contributed by atoms with van der Waals surface area (Å²) in [5.74, 6) is -1.84. The van der Waals surface area contributed by atoms with Gasteiger partial charge in [-0.2, -0.15) is 13.2 Å². The highest BCUT2D eigenvalue weighted by molar-refractivity contribution is 5.79. The Morgan fingerprint density at radius 3 is 2.45 bits per heavy atom. The van der Waals surface area contributed by atoms with Crippen molar-refractivity contribution in [2.24, 2.45) is 0 Å². The summed E-state index contributed by atoms with van der Waals surface area (Å²) in [6.07, 6.45) is -4.85. The van der Waals surface area contributed by atoms with Gasteiger partial charge >= 0.3 is 6.18 Å². The highest BCUT2D eigenvalue weighted by Crippen LogP contribution is 2.32. The first kappa shape index (κ1) is 20.5. The maximum atomic E-state index is 13.8. The average molecular weight is 431 g/mol. The van der Waals surface area contributed by atoms with Crippen LogP contribution in [0.4, 0.5) is 22.0 Å². The second-order valence-electron chi connectivity index (χ2n) is 6.75. The zero-order chi connectivity index (χ0) is 22.2. The first-order valence-corrected chi connectivity index (χ1v) is 9.11. The number of aromatic nitrogens is 2. The van der Waals surface area contributed by atoms with Gasteiger partial charge in [0.25, 0.3) is 5.56 Å². The predicted octanol–water partition coefficient (Wildman–Crippen LogP) is 5.10. The molecular weight excluding hydrogens is 417 g/mol. The molecule has 0 spiro atoms. The number of nitrogens with zero attached hydrogens (tertiary/aromatic N) is 2. The molecular formula is C22H14F5N3O. The molecule has 0 atom stereocenters. The lowest BCUT2D eigenvalue weighted by molar-refractivity contribution is -0.140. The number of alkyl halides is 3. The lowest BCUT2D eigenvalue weighted by atomic mass is 10.1. The number of hydrogen-bond acceptors (Lipinski definition) is 3. The standard InChI is InChI=1S/C22H14F5N3O/c23-15-5-3-4-14(11-15)20-29-19-7-2-1-6-16(19)21(31)30(20)28-12-13-8-9-18(24)17(10-13)22(25,26)27/h1-11,28H,12H2. The van der Waals surface area contributed by atoms with Gasteiger partial charge in [-0.15, -0.1) is 0 Å². The van der Waals surface area contributed by atoms with Crippen molar-refractivity contribution in [2.75, 3.05) is 5.43 Å². The van der Waals surface area contributed by atoms with E-state index in [0.717, 1.165) is 4.68 Å². The Kier molecular flexibility index (Phi) is 5.18. The zero-order valence-electron chi connectivity index (χ0n) is 15.8. The van der Waals surface area contributed by atoms with E-state index in [0.29, 0.717) is 23.2 Å². The molecule has 3 aromatic carbocycles. The lowest BCUT2D eigenvalue weighted by Crippen LogP contribution is -2.31. The predicted molar refractivity (Wildman–Crippen MR) is 106 cm³/mol. The van der Waals surface area contributed by atoms with Crippen LogP contribution in [0.5, 0.6) is 0 Å². The van der Waals surface area contributed by atoms with Gasteiger partial charge in [-0.25, -0.2) is 18.4 Å². The van der Waals surface area contributed by atoms with Crippen molar-refractivity contribution < 1.29 is 22.0 Å². The normalized spacial score (nSPS) is 11.6. The summed E-state index contributed by atoms with van der Waals surface area (Å²) in [6.45, 7) is -0.231. The Bertz CT molecular complexity index is 1330. The molecule has 158 valence electrons. The van der Waals surface area contributed by atoms with E-state index in [4.69, 9.17) is 0 Å². The monoisotopic (exact) mass is 431 g/mol. The van der Waals surface area contributed by atoms with Gasteiger partial charge in [0.1, 0.15) is 11.6 Å². The van der Waals surface area contributed by atoms with Crippen LogP contribution in [0.3, 0.4) is 0 Å². The summed E-state index contributed by atoms with van der Waals surface area (Å²) >= 11 is 0. The molecule has 0 fully saturated rings. The molecule has 4 aromatic rings. The molecule has 0 unspecified atom stereocenters. The van der Waals surface area contributed by atoms with Gasteiger partial charge in [0.15, 0.2) is 5.82 Å². The highest BCUT2D eigenvalue weighted by atomic mass is 19.4. The molecule has 0 radical (unpaired) electrons. The summed E-state index contributed by atoms with van der Waals surface area (Å²) in [4.78, 5) is 17.5. The summed E-state index contributed by atoms with van der Waals surface area (Å²) in [7, 11) is 0. The minimum atomic E-state index is -4.85. The van der Waals surface area contributed by atoms with Crippen LogP contribution in [0.1, 0.15) is 11.1 Å². The van der Waals surface area contributed by atoms with Gasteiger partial charge in [-0.3, -0.25) is 4.79 Å². The summed E-state index contributed by atoms with van der Waals surface area (Å²) in [6, 6.07) is 14.5. The Morgan fingerprint density at radius 2 is 1.71 bits per heavy atom. The van der Waals surface area contributed by atoms with E-state index in [9.17, 15) is 26.7 Å². The Hall–Kier alpha value is -3.75. The molecule has 0 saturated carbocycles. The summed E-state index contributed by atoms with van der Waals surface area (Å²) < 4.78 is 67.3. The molecule has 9 heteroatoms. The summed E-state index contributed by atoms with van der Waals surface area (Å²) in [5, 5.41) is 0.269. The topological polar surface area (TPSA) is 46.9 Å². The number of nitrogens with one attached hydrogen (secondary N) is 1. The van der Waals surface area contributed by atoms with Gasteiger partial charge < -0.3 is 5.43 Å². The van der Waals surface area contributed by atoms with Crippen LogP contribution in [0, 0.1) is 11.6 Å². The van der Waals surface area contributed by atoms with Gasteiger partial charge in [0, 0.05) is 5.56 Å². The maximum Gasteiger partial charge on any atom is 0.419 e. The molecule has 0 amide bonds. The number of rotatable bonds is 4. The summed E-state index contributed by atoms with van der Waals surface area (Å²) in [5.41, 5.74) is 1.60. The molecule has 0 aliphatic heterocycles. The van der Waals surface area contributed by atoms with Gasteiger partial charge in [0.2, 0.25) is 0 Å². The first-order valence-electron chi connectivity index (χ1n) is 9.11. The van der Waals surface area contributed by atoms with Crippen molar-refractivity contribution in [1.29, 1.82) is 0 Å². The van der Waals surface area contributed by atoms with Gasteiger partial charge in [-0.05, 0) is 42.0 Å². The molecule has 1 N–H and O–H groups in total. The molecule has 0 aliphatic carbocycles. The molecule has 0 bridgehead atoms. The van der Waals surface area contributed by atoms with Crippen LogP contribution in [0.25, 0.3) is 22.3 Å².